The van der Waals surface area contributed by atoms with Crippen molar-refractivity contribution in [1.29, 1.82) is 0 Å². The maximum Gasteiger partial charge on any atom is 0.289 e. The molecule has 0 unspecified atom stereocenters. The molecule has 2 aromatic carbocycles. The average Bonchev–Trinajstić information content (AvgIpc) is 3.40. The van der Waals surface area contributed by atoms with Gasteiger partial charge in [0.05, 0.1) is 18.8 Å². The first kappa shape index (κ1) is 29.0. The van der Waals surface area contributed by atoms with Crippen LogP contribution in [0.1, 0.15) is 41.5 Å². The number of aromatic hydroxyl groups is 2. The molecule has 0 aliphatic carbocycles. The van der Waals surface area contributed by atoms with Crippen molar-refractivity contribution in [3.8, 4) is 28.6 Å². The molecular formula is C30H41N7O4. The van der Waals surface area contributed by atoms with Gasteiger partial charge in [-0.1, -0.05) is 26.0 Å². The number of phenols is 2. The zero-order chi connectivity index (χ0) is 28.9. The van der Waals surface area contributed by atoms with Gasteiger partial charge >= 0.3 is 0 Å². The third kappa shape index (κ3) is 6.87. The van der Waals surface area contributed by atoms with Crippen molar-refractivity contribution in [3.05, 3.63) is 53.3 Å². The van der Waals surface area contributed by atoms with Crippen LogP contribution in [0.25, 0.3) is 17.1 Å². The Morgan fingerprint density at radius 1 is 0.951 bits per heavy atom. The van der Waals surface area contributed by atoms with E-state index >= 15 is 0 Å². The van der Waals surface area contributed by atoms with Crippen molar-refractivity contribution in [2.75, 3.05) is 72.6 Å². The molecule has 11 nitrogen and oxygen atoms in total. The summed E-state index contributed by atoms with van der Waals surface area (Å²) < 4.78 is 7.15. The Hall–Kier alpha value is -3.51. The molecular weight excluding hydrogens is 522 g/mol. The van der Waals surface area contributed by atoms with Crippen LogP contribution in [0.4, 0.5) is 0 Å². The minimum atomic E-state index is -0.336. The molecule has 2 aliphatic heterocycles. The Morgan fingerprint density at radius 2 is 1.66 bits per heavy atom. The van der Waals surface area contributed by atoms with E-state index in [2.05, 4.69) is 37.3 Å². The molecule has 220 valence electrons. The molecule has 2 fully saturated rings. The Labute approximate surface area is 241 Å². The molecule has 0 radical (unpaired) electrons. The van der Waals surface area contributed by atoms with Gasteiger partial charge in [-0.25, -0.2) is 0 Å². The number of carbonyl (C=O) groups excluding carboxylic acids is 1. The van der Waals surface area contributed by atoms with Crippen molar-refractivity contribution < 1.29 is 19.7 Å². The number of nitrogens with zero attached hydrogens (tertiary/aromatic N) is 6. The Balaban J connectivity index is 1.43. The van der Waals surface area contributed by atoms with Crippen LogP contribution in [0.5, 0.6) is 11.5 Å². The number of amides is 1. The topological polar surface area (TPSA) is 119 Å². The lowest BCUT2D eigenvalue weighted by Gasteiger charge is -2.32. The van der Waals surface area contributed by atoms with E-state index in [9.17, 15) is 15.0 Å². The molecule has 41 heavy (non-hydrogen) atoms. The first-order valence-electron chi connectivity index (χ1n) is 14.4. The summed E-state index contributed by atoms with van der Waals surface area (Å²) in [6.07, 6.45) is 0. The number of hydrogen-bond acceptors (Lipinski definition) is 9. The Bertz CT molecular complexity index is 1330. The van der Waals surface area contributed by atoms with Crippen molar-refractivity contribution in [2.24, 2.45) is 0 Å². The zero-order valence-corrected chi connectivity index (χ0v) is 24.2. The molecule has 5 rings (SSSR count). The van der Waals surface area contributed by atoms with E-state index in [1.807, 2.05) is 38.1 Å². The number of nitrogens with one attached hydrogen (secondary N) is 1. The van der Waals surface area contributed by atoms with Crippen LogP contribution in [0, 0.1) is 0 Å². The first-order valence-corrected chi connectivity index (χ1v) is 14.4. The molecule has 0 bridgehead atoms. The second kappa shape index (κ2) is 13.0. The molecule has 0 saturated carbocycles. The highest BCUT2D eigenvalue weighted by molar-refractivity contribution is 5.92. The minimum Gasteiger partial charge on any atom is -0.508 e. The standard InChI is InChI=1S/C30H41N7O4/c1-21(2)24-18-25(27(39)19-26(24)38)28-32-33-29(30(40)31-8-9-35-12-10-34(3)11-13-35)37(28)23-6-4-22(5-7-23)20-36-14-16-41-17-15-36/h4-7,18-19,21,38-39H,8-17,20H2,1-3H3,(H,31,40). The summed E-state index contributed by atoms with van der Waals surface area (Å²) in [5, 5.41) is 32.9. The van der Waals surface area contributed by atoms with Gasteiger partial charge in [0.2, 0.25) is 5.82 Å². The van der Waals surface area contributed by atoms with Gasteiger partial charge < -0.3 is 25.2 Å². The van der Waals surface area contributed by atoms with Gasteiger partial charge in [-0.15, -0.1) is 10.2 Å². The summed E-state index contributed by atoms with van der Waals surface area (Å²) in [7, 11) is 2.12. The number of benzene rings is 2. The summed E-state index contributed by atoms with van der Waals surface area (Å²) in [4.78, 5) is 20.4. The summed E-state index contributed by atoms with van der Waals surface area (Å²) >= 11 is 0. The highest BCUT2D eigenvalue weighted by Crippen LogP contribution is 2.38. The van der Waals surface area contributed by atoms with E-state index in [-0.39, 0.29) is 29.1 Å². The van der Waals surface area contributed by atoms with E-state index in [0.717, 1.165) is 71.1 Å². The van der Waals surface area contributed by atoms with Crippen LogP contribution in [-0.2, 0) is 11.3 Å². The van der Waals surface area contributed by atoms with Crippen LogP contribution < -0.4 is 5.32 Å². The lowest BCUT2D eigenvalue weighted by Crippen LogP contribution is -2.47. The van der Waals surface area contributed by atoms with Gasteiger partial charge in [-0.05, 0) is 42.3 Å². The fraction of sp³-hybridized carbons (Fsp3) is 0.500. The number of likely N-dealkylation sites (N-methyl/N-ethyl adjacent to an activating group) is 1. The third-order valence-electron chi connectivity index (χ3n) is 7.89. The van der Waals surface area contributed by atoms with Gasteiger partial charge in [-0.2, -0.15) is 0 Å². The smallest absolute Gasteiger partial charge is 0.289 e. The predicted molar refractivity (Wildman–Crippen MR) is 157 cm³/mol. The van der Waals surface area contributed by atoms with Gasteiger partial charge in [-0.3, -0.25) is 19.2 Å². The van der Waals surface area contributed by atoms with Gasteiger partial charge in [0.15, 0.2) is 5.82 Å². The maximum atomic E-state index is 13.4. The molecule has 3 aromatic rings. The van der Waals surface area contributed by atoms with Gasteiger partial charge in [0.25, 0.3) is 5.91 Å². The number of aromatic nitrogens is 3. The van der Waals surface area contributed by atoms with Crippen LogP contribution in [0.2, 0.25) is 0 Å². The second-order valence-corrected chi connectivity index (χ2v) is 11.2. The molecule has 0 spiro atoms. The minimum absolute atomic E-state index is 0.0154. The van der Waals surface area contributed by atoms with Gasteiger partial charge in [0, 0.05) is 70.7 Å². The molecule has 3 N–H and O–H groups in total. The summed E-state index contributed by atoms with van der Waals surface area (Å²) in [5.74, 6) is 0.0285. The highest BCUT2D eigenvalue weighted by Gasteiger charge is 2.25. The lowest BCUT2D eigenvalue weighted by atomic mass is 9.98. The number of phenolic OH excluding ortho intramolecular Hbond substituents is 2. The van der Waals surface area contributed by atoms with Crippen molar-refractivity contribution in [2.45, 2.75) is 26.3 Å². The van der Waals surface area contributed by atoms with E-state index in [1.165, 1.54) is 6.07 Å². The molecule has 2 saturated heterocycles. The summed E-state index contributed by atoms with van der Waals surface area (Å²) in [6.45, 7) is 13.2. The third-order valence-corrected chi connectivity index (χ3v) is 7.89. The summed E-state index contributed by atoms with van der Waals surface area (Å²) in [5.41, 5.74) is 2.93. The number of ether oxygens (including phenoxy) is 1. The summed E-state index contributed by atoms with van der Waals surface area (Å²) in [6, 6.07) is 11.0. The van der Waals surface area contributed by atoms with E-state index < -0.39 is 0 Å². The molecule has 3 heterocycles. The van der Waals surface area contributed by atoms with Crippen LogP contribution >= 0.6 is 0 Å². The van der Waals surface area contributed by atoms with Gasteiger partial charge in [0.1, 0.15) is 11.5 Å². The van der Waals surface area contributed by atoms with Crippen molar-refractivity contribution in [3.63, 3.8) is 0 Å². The molecule has 1 amide bonds. The number of rotatable bonds is 9. The predicted octanol–water partition coefficient (Wildman–Crippen LogP) is 2.28. The number of hydrogen-bond donors (Lipinski definition) is 3. The number of piperazine rings is 1. The van der Waals surface area contributed by atoms with Crippen LogP contribution in [0.15, 0.2) is 36.4 Å². The van der Waals surface area contributed by atoms with E-state index in [4.69, 9.17) is 4.74 Å². The van der Waals surface area contributed by atoms with E-state index in [1.54, 1.807) is 10.6 Å². The zero-order valence-electron chi connectivity index (χ0n) is 24.2. The quantitative estimate of drug-likeness (QED) is 0.360. The molecule has 1 aromatic heterocycles. The lowest BCUT2D eigenvalue weighted by molar-refractivity contribution is 0.0342. The molecule has 2 aliphatic rings. The average molecular weight is 564 g/mol. The van der Waals surface area contributed by atoms with Crippen LogP contribution in [-0.4, -0.2) is 118 Å². The Morgan fingerprint density at radius 3 is 2.34 bits per heavy atom. The number of morpholine rings is 1. The second-order valence-electron chi connectivity index (χ2n) is 11.2. The fourth-order valence-electron chi connectivity index (χ4n) is 5.33. The largest absolute Gasteiger partial charge is 0.508 e. The molecule has 11 heteroatoms. The molecule has 0 atom stereocenters. The highest BCUT2D eigenvalue weighted by atomic mass is 16.5. The van der Waals surface area contributed by atoms with Crippen molar-refractivity contribution >= 4 is 5.91 Å². The fourth-order valence-corrected chi connectivity index (χ4v) is 5.33. The van der Waals surface area contributed by atoms with Crippen LogP contribution in [0.3, 0.4) is 0 Å². The number of carbonyl (C=O) groups is 1. The van der Waals surface area contributed by atoms with E-state index in [0.29, 0.717) is 29.2 Å². The Kier molecular flexibility index (Phi) is 9.19. The monoisotopic (exact) mass is 563 g/mol. The maximum absolute atomic E-state index is 13.4. The normalized spacial score (nSPS) is 17.3. The van der Waals surface area contributed by atoms with Crippen molar-refractivity contribution in [1.82, 2.24) is 34.8 Å². The SMILES string of the molecule is CC(C)c1cc(-c2nnc(C(=O)NCCN3CCN(C)CC3)n2-c2ccc(CN3CCOCC3)cc2)c(O)cc1O. The first-order chi connectivity index (χ1) is 19.8.